The fourth-order valence-electron chi connectivity index (χ4n) is 2.48. The molecule has 0 unspecified atom stereocenters. The van der Waals surface area contributed by atoms with Crippen molar-refractivity contribution in [1.29, 1.82) is 0 Å². The van der Waals surface area contributed by atoms with Gasteiger partial charge in [0.15, 0.2) is 0 Å². The van der Waals surface area contributed by atoms with Gasteiger partial charge in [0.25, 0.3) is 0 Å². The van der Waals surface area contributed by atoms with E-state index >= 15 is 0 Å². The average molecular weight is 365 g/mol. The summed E-state index contributed by atoms with van der Waals surface area (Å²) in [5, 5.41) is 3.28. The van der Waals surface area contributed by atoms with Gasteiger partial charge in [-0.3, -0.25) is 0 Å². The summed E-state index contributed by atoms with van der Waals surface area (Å²) in [5.41, 5.74) is 0.267. The molecule has 0 atom stereocenters. The van der Waals surface area contributed by atoms with E-state index in [-0.39, 0.29) is 5.41 Å². The van der Waals surface area contributed by atoms with E-state index in [4.69, 9.17) is 0 Å². The van der Waals surface area contributed by atoms with Gasteiger partial charge >= 0.3 is 6.18 Å². The van der Waals surface area contributed by atoms with Gasteiger partial charge in [0.1, 0.15) is 0 Å². The molecule has 0 radical (unpaired) electrons. The van der Waals surface area contributed by atoms with E-state index in [1.54, 1.807) is 0 Å². The van der Waals surface area contributed by atoms with E-state index in [2.05, 4.69) is 40.1 Å². The molecule has 1 aromatic carbocycles. The highest BCUT2D eigenvalue weighted by Crippen LogP contribution is 2.35. The molecule has 2 nitrogen and oxygen atoms in total. The molecule has 0 aliphatic carbocycles. The minimum atomic E-state index is -4.30. The molecule has 0 spiro atoms. The number of nitrogens with one attached hydrogen (secondary N) is 1. The zero-order chi connectivity index (χ0) is 15.7. The smallest absolute Gasteiger partial charge is 0.384 e. The Labute approximate surface area is 131 Å². The van der Waals surface area contributed by atoms with Crippen molar-refractivity contribution >= 4 is 21.6 Å². The Morgan fingerprint density at radius 3 is 2.43 bits per heavy atom. The van der Waals surface area contributed by atoms with Crippen molar-refractivity contribution in [3.63, 3.8) is 0 Å². The van der Waals surface area contributed by atoms with Crippen LogP contribution in [-0.2, 0) is 6.18 Å². The lowest BCUT2D eigenvalue weighted by Gasteiger charge is -2.38. The fraction of sp³-hybridized carbons (Fsp3) is 0.600. The second kappa shape index (κ2) is 6.16. The average Bonchev–Trinajstić information content (AvgIpc) is 2.40. The lowest BCUT2D eigenvalue weighted by atomic mass is 9.80. The van der Waals surface area contributed by atoms with Crippen LogP contribution < -0.4 is 5.32 Å². The summed E-state index contributed by atoms with van der Waals surface area (Å²) in [4.78, 5) is 2.30. The summed E-state index contributed by atoms with van der Waals surface area (Å²) < 4.78 is 38.3. The van der Waals surface area contributed by atoms with Crippen molar-refractivity contribution in [2.45, 2.75) is 25.9 Å². The predicted molar refractivity (Wildman–Crippen MR) is 82.5 cm³/mol. The zero-order valence-corrected chi connectivity index (χ0v) is 13.8. The first-order valence-electron chi connectivity index (χ1n) is 6.99. The highest BCUT2D eigenvalue weighted by molar-refractivity contribution is 9.10. The molecular weight excluding hydrogens is 345 g/mol. The molecule has 1 heterocycles. The topological polar surface area (TPSA) is 15.3 Å². The van der Waals surface area contributed by atoms with Gasteiger partial charge in [-0.2, -0.15) is 13.2 Å². The molecule has 0 saturated carbocycles. The molecule has 1 aliphatic heterocycles. The van der Waals surface area contributed by atoms with E-state index in [0.717, 1.165) is 44.6 Å². The molecular formula is C15H20BrF3N2. The van der Waals surface area contributed by atoms with E-state index in [9.17, 15) is 13.2 Å². The second-order valence-electron chi connectivity index (χ2n) is 6.16. The molecule has 6 heteroatoms. The summed E-state index contributed by atoms with van der Waals surface area (Å²) in [5.74, 6) is 0. The van der Waals surface area contributed by atoms with E-state index < -0.39 is 11.7 Å². The van der Waals surface area contributed by atoms with E-state index in [1.807, 2.05) is 0 Å². The normalized spacial score (nSPS) is 19.5. The molecule has 1 N–H and O–H groups in total. The standard InChI is InChI=1S/C15H20BrF3N2/c1-14(5-7-21(2)8-6-14)10-20-13-4-3-11(9-12(13)16)15(17,18)19/h3-4,9,20H,5-8,10H2,1-2H3. The zero-order valence-electron chi connectivity index (χ0n) is 12.2. The number of rotatable bonds is 3. The maximum absolute atomic E-state index is 12.6. The summed E-state index contributed by atoms with van der Waals surface area (Å²) in [6, 6.07) is 3.73. The SMILES string of the molecule is CN1CCC(C)(CNc2ccc(C(F)(F)F)cc2Br)CC1. The number of halogens is 4. The quantitative estimate of drug-likeness (QED) is 0.842. The number of piperidine rings is 1. The Morgan fingerprint density at radius 2 is 1.90 bits per heavy atom. The lowest BCUT2D eigenvalue weighted by molar-refractivity contribution is -0.137. The largest absolute Gasteiger partial charge is 0.416 e. The molecule has 2 rings (SSSR count). The maximum Gasteiger partial charge on any atom is 0.416 e. The van der Waals surface area contributed by atoms with E-state index in [0.29, 0.717) is 10.2 Å². The number of benzene rings is 1. The molecule has 21 heavy (non-hydrogen) atoms. The van der Waals surface area contributed by atoms with Crippen LogP contribution in [0.3, 0.4) is 0 Å². The Hall–Kier alpha value is -0.750. The summed E-state index contributed by atoms with van der Waals surface area (Å²) in [7, 11) is 2.11. The van der Waals surface area contributed by atoms with Gasteiger partial charge in [-0.25, -0.2) is 0 Å². The molecule has 0 amide bonds. The Morgan fingerprint density at radius 1 is 1.29 bits per heavy atom. The van der Waals surface area contributed by atoms with Crippen LogP contribution in [0.5, 0.6) is 0 Å². The fourth-order valence-corrected chi connectivity index (χ4v) is 3.00. The van der Waals surface area contributed by atoms with Gasteiger partial charge in [0.2, 0.25) is 0 Å². The van der Waals surface area contributed by atoms with Crippen molar-refractivity contribution in [2.24, 2.45) is 5.41 Å². The summed E-state index contributed by atoms with van der Waals surface area (Å²) >= 11 is 3.22. The third-order valence-corrected chi connectivity index (χ3v) is 4.85. The number of anilines is 1. The third-order valence-electron chi connectivity index (χ3n) is 4.20. The molecule has 1 aromatic rings. The lowest BCUT2D eigenvalue weighted by Crippen LogP contribution is -2.40. The summed E-state index contributed by atoms with van der Waals surface area (Å²) in [6.07, 6.45) is -2.12. The van der Waals surface area contributed by atoms with Gasteiger partial charge in [-0.15, -0.1) is 0 Å². The number of nitrogens with zero attached hydrogens (tertiary/aromatic N) is 1. The highest BCUT2D eigenvalue weighted by Gasteiger charge is 2.31. The van der Waals surface area contributed by atoms with Crippen molar-refractivity contribution in [2.75, 3.05) is 32.0 Å². The minimum absolute atomic E-state index is 0.189. The predicted octanol–water partition coefficient (Wildman–Crippen LogP) is 4.61. The highest BCUT2D eigenvalue weighted by atomic mass is 79.9. The Kier molecular flexibility index (Phi) is 4.88. The maximum atomic E-state index is 12.6. The van der Waals surface area contributed by atoms with Crippen molar-refractivity contribution in [3.05, 3.63) is 28.2 Å². The second-order valence-corrected chi connectivity index (χ2v) is 7.01. The van der Waals surface area contributed by atoms with Crippen LogP contribution in [0, 0.1) is 5.41 Å². The first kappa shape index (κ1) is 16.6. The van der Waals surface area contributed by atoms with Gasteiger partial charge < -0.3 is 10.2 Å². The molecule has 118 valence electrons. The van der Waals surface area contributed by atoms with Crippen LogP contribution in [-0.4, -0.2) is 31.6 Å². The Balaban J connectivity index is 2.00. The van der Waals surface area contributed by atoms with Gasteiger partial charge in [0, 0.05) is 16.7 Å². The van der Waals surface area contributed by atoms with Crippen LogP contribution in [0.15, 0.2) is 22.7 Å². The first-order valence-corrected chi connectivity index (χ1v) is 7.78. The monoisotopic (exact) mass is 364 g/mol. The van der Waals surface area contributed by atoms with Gasteiger partial charge in [-0.1, -0.05) is 6.92 Å². The number of likely N-dealkylation sites (tertiary alicyclic amines) is 1. The first-order chi connectivity index (χ1) is 9.70. The number of hydrogen-bond acceptors (Lipinski definition) is 2. The van der Waals surface area contributed by atoms with Crippen LogP contribution in [0.25, 0.3) is 0 Å². The molecule has 1 saturated heterocycles. The Bertz CT molecular complexity index is 494. The third kappa shape index (κ3) is 4.36. The molecule has 0 aromatic heterocycles. The van der Waals surface area contributed by atoms with E-state index in [1.165, 1.54) is 6.07 Å². The van der Waals surface area contributed by atoms with Gasteiger partial charge in [0.05, 0.1) is 5.56 Å². The van der Waals surface area contributed by atoms with Crippen LogP contribution >= 0.6 is 15.9 Å². The molecule has 0 bridgehead atoms. The molecule has 1 fully saturated rings. The van der Waals surface area contributed by atoms with Crippen molar-refractivity contribution in [3.8, 4) is 0 Å². The number of hydrogen-bond donors (Lipinski definition) is 1. The van der Waals surface area contributed by atoms with Crippen molar-refractivity contribution < 1.29 is 13.2 Å². The number of alkyl halides is 3. The molecule has 1 aliphatic rings. The minimum Gasteiger partial charge on any atom is -0.384 e. The summed E-state index contributed by atoms with van der Waals surface area (Å²) in [6.45, 7) is 5.12. The van der Waals surface area contributed by atoms with Gasteiger partial charge in [-0.05, 0) is 72.5 Å². The van der Waals surface area contributed by atoms with Crippen molar-refractivity contribution in [1.82, 2.24) is 4.90 Å². The van der Waals surface area contributed by atoms with Crippen LogP contribution in [0.1, 0.15) is 25.3 Å². The van der Waals surface area contributed by atoms with Crippen LogP contribution in [0.2, 0.25) is 0 Å². The van der Waals surface area contributed by atoms with Crippen LogP contribution in [0.4, 0.5) is 18.9 Å².